The topological polar surface area (TPSA) is 124 Å². The van der Waals surface area contributed by atoms with E-state index in [0.717, 1.165) is 0 Å². The zero-order valence-electron chi connectivity index (χ0n) is 18.1. The van der Waals surface area contributed by atoms with Gasteiger partial charge in [-0.25, -0.2) is 9.78 Å². The van der Waals surface area contributed by atoms with Crippen LogP contribution in [-0.2, 0) is 20.8 Å². The lowest BCUT2D eigenvalue weighted by Crippen LogP contribution is -2.17. The average molecular weight is 451 g/mol. The van der Waals surface area contributed by atoms with Crippen LogP contribution in [0.5, 0.6) is 0 Å². The number of nitrogens with zero attached hydrogens (tertiary/aromatic N) is 2. The largest absolute Gasteiger partial charge is 0.447 e. The van der Waals surface area contributed by atoms with Crippen LogP contribution in [0.25, 0.3) is 0 Å². The highest BCUT2D eigenvalue weighted by molar-refractivity contribution is 6.05. The molecule has 0 saturated heterocycles. The maximum atomic E-state index is 12.7. The highest BCUT2D eigenvalue weighted by Gasteiger charge is 2.10. The molecule has 0 radical (unpaired) electrons. The van der Waals surface area contributed by atoms with E-state index >= 15 is 0 Å². The normalized spacial score (nSPS) is 10.3. The van der Waals surface area contributed by atoms with Gasteiger partial charge in [-0.1, -0.05) is 12.1 Å². The molecule has 0 fully saturated rings. The summed E-state index contributed by atoms with van der Waals surface area (Å²) in [5, 5.41) is 8.15. The monoisotopic (exact) mass is 451 g/mol. The molecule has 3 aromatic rings. The lowest BCUT2D eigenvalue weighted by Gasteiger charge is -2.10. The molecule has 10 nitrogen and oxygen atoms in total. The minimum Gasteiger partial charge on any atom is -0.447 e. The molecule has 1 heterocycles. The molecule has 0 bridgehead atoms. The predicted molar refractivity (Wildman–Crippen MR) is 123 cm³/mol. The Bertz CT molecular complexity index is 1080. The number of nitrogens with one attached hydrogen (secondary N) is 3. The number of hydrogen-bond acceptors (Lipinski definition) is 6. The van der Waals surface area contributed by atoms with Gasteiger partial charge in [0.25, 0.3) is 5.91 Å². The van der Waals surface area contributed by atoms with E-state index in [2.05, 4.69) is 20.9 Å². The van der Waals surface area contributed by atoms with Crippen LogP contribution in [0.15, 0.2) is 67.3 Å². The number of anilines is 3. The van der Waals surface area contributed by atoms with Crippen molar-refractivity contribution in [2.24, 2.45) is 0 Å². The summed E-state index contributed by atoms with van der Waals surface area (Å²) in [5.41, 5.74) is 1.85. The van der Waals surface area contributed by atoms with Crippen LogP contribution in [0.4, 0.5) is 21.9 Å². The fourth-order valence-electron chi connectivity index (χ4n) is 2.86. The van der Waals surface area contributed by atoms with Crippen molar-refractivity contribution >= 4 is 35.0 Å². The third-order valence-corrected chi connectivity index (χ3v) is 4.45. The molecule has 0 aliphatic heterocycles. The summed E-state index contributed by atoms with van der Waals surface area (Å²) in [6.45, 7) is 0.944. The number of ether oxygens (including phenoxy) is 2. The molecule has 3 N–H and O–H groups in total. The van der Waals surface area contributed by atoms with Crippen molar-refractivity contribution in [3.63, 3.8) is 0 Å². The lowest BCUT2D eigenvalue weighted by molar-refractivity contribution is -0.116. The van der Waals surface area contributed by atoms with Gasteiger partial charge < -0.3 is 24.7 Å². The molecule has 1 aromatic heterocycles. The Kier molecular flexibility index (Phi) is 8.55. The fourth-order valence-corrected chi connectivity index (χ4v) is 2.86. The van der Waals surface area contributed by atoms with Gasteiger partial charge in [-0.05, 0) is 36.4 Å². The minimum absolute atomic E-state index is 0.134. The Hall–Kier alpha value is -4.18. The van der Waals surface area contributed by atoms with Gasteiger partial charge in [-0.2, -0.15) is 0 Å². The molecule has 0 aliphatic carbocycles. The Labute approximate surface area is 190 Å². The number of aromatic nitrogens is 2. The van der Waals surface area contributed by atoms with E-state index in [4.69, 9.17) is 9.47 Å². The quantitative estimate of drug-likeness (QED) is 0.406. The van der Waals surface area contributed by atoms with Gasteiger partial charge >= 0.3 is 6.09 Å². The Morgan fingerprint density at radius 3 is 2.39 bits per heavy atom. The molecule has 2 aromatic carbocycles. The van der Waals surface area contributed by atoms with Gasteiger partial charge in [0.15, 0.2) is 0 Å². The van der Waals surface area contributed by atoms with Crippen LogP contribution in [0.1, 0.15) is 16.8 Å². The number of methoxy groups -OCH3 is 1. The highest BCUT2D eigenvalue weighted by Crippen LogP contribution is 2.18. The van der Waals surface area contributed by atoms with Crippen molar-refractivity contribution in [1.29, 1.82) is 0 Å². The first kappa shape index (κ1) is 23.5. The molecule has 0 aliphatic rings. The summed E-state index contributed by atoms with van der Waals surface area (Å²) in [4.78, 5) is 40.6. The van der Waals surface area contributed by atoms with Crippen LogP contribution in [-0.4, -0.2) is 47.8 Å². The SMILES string of the molecule is COCCOC(=O)Nc1cccc(NC(=O)c2cccc(NC(=O)CCn3ccnc3)c2)c1. The first-order valence-electron chi connectivity index (χ1n) is 10.2. The van der Waals surface area contributed by atoms with E-state index in [1.165, 1.54) is 7.11 Å². The second-order valence-electron chi connectivity index (χ2n) is 6.97. The van der Waals surface area contributed by atoms with Crippen LogP contribution in [0.3, 0.4) is 0 Å². The maximum absolute atomic E-state index is 12.7. The molecular formula is C23H25N5O5. The van der Waals surface area contributed by atoms with Crippen molar-refractivity contribution in [3.05, 3.63) is 72.8 Å². The van der Waals surface area contributed by atoms with E-state index in [1.54, 1.807) is 67.3 Å². The highest BCUT2D eigenvalue weighted by atomic mass is 16.6. The number of benzene rings is 2. The maximum Gasteiger partial charge on any atom is 0.411 e. The van der Waals surface area contributed by atoms with Crippen LogP contribution in [0.2, 0.25) is 0 Å². The van der Waals surface area contributed by atoms with Crippen molar-refractivity contribution in [2.45, 2.75) is 13.0 Å². The van der Waals surface area contributed by atoms with Gasteiger partial charge in [-0.15, -0.1) is 0 Å². The number of carbonyl (C=O) groups is 3. The van der Waals surface area contributed by atoms with Gasteiger partial charge in [0.05, 0.1) is 12.9 Å². The zero-order valence-corrected chi connectivity index (χ0v) is 18.1. The molecule has 3 rings (SSSR count). The van der Waals surface area contributed by atoms with Crippen molar-refractivity contribution in [3.8, 4) is 0 Å². The molecule has 0 saturated carbocycles. The molecule has 0 unspecified atom stereocenters. The van der Waals surface area contributed by atoms with Crippen molar-refractivity contribution in [1.82, 2.24) is 9.55 Å². The second kappa shape index (κ2) is 12.0. The first-order chi connectivity index (χ1) is 16.0. The minimum atomic E-state index is -0.619. The zero-order chi connectivity index (χ0) is 23.5. The Balaban J connectivity index is 1.54. The molecule has 3 amide bonds. The summed E-state index contributed by atoms with van der Waals surface area (Å²) in [5.74, 6) is -0.526. The summed E-state index contributed by atoms with van der Waals surface area (Å²) in [7, 11) is 1.51. The van der Waals surface area contributed by atoms with Crippen LogP contribution >= 0.6 is 0 Å². The summed E-state index contributed by atoms with van der Waals surface area (Å²) < 4.78 is 11.6. The van der Waals surface area contributed by atoms with E-state index in [0.29, 0.717) is 35.8 Å². The number of amides is 3. The second-order valence-corrected chi connectivity index (χ2v) is 6.97. The third kappa shape index (κ3) is 7.78. The number of rotatable bonds is 10. The third-order valence-electron chi connectivity index (χ3n) is 4.45. The number of carbonyl (C=O) groups excluding carboxylic acids is 3. The summed E-state index contributed by atoms with van der Waals surface area (Å²) in [6.07, 6.45) is 4.74. The molecular weight excluding hydrogens is 426 g/mol. The predicted octanol–water partition coefficient (Wildman–Crippen LogP) is 3.36. The van der Waals surface area contributed by atoms with Gasteiger partial charge in [0, 0.05) is 55.1 Å². The van der Waals surface area contributed by atoms with E-state index in [1.807, 2.05) is 4.57 Å². The molecule has 172 valence electrons. The lowest BCUT2D eigenvalue weighted by atomic mass is 10.1. The fraction of sp³-hybridized carbons (Fsp3) is 0.217. The summed E-state index contributed by atoms with van der Waals surface area (Å²) >= 11 is 0. The van der Waals surface area contributed by atoms with Gasteiger partial charge in [0.1, 0.15) is 6.61 Å². The first-order valence-corrected chi connectivity index (χ1v) is 10.2. The van der Waals surface area contributed by atoms with E-state index in [-0.39, 0.29) is 24.8 Å². The van der Waals surface area contributed by atoms with Crippen molar-refractivity contribution in [2.75, 3.05) is 36.3 Å². The Morgan fingerprint density at radius 2 is 1.67 bits per heavy atom. The average Bonchev–Trinajstić information content (AvgIpc) is 3.32. The smallest absolute Gasteiger partial charge is 0.411 e. The molecule has 0 spiro atoms. The Morgan fingerprint density at radius 1 is 0.939 bits per heavy atom. The number of imidazole rings is 1. The van der Waals surface area contributed by atoms with E-state index < -0.39 is 6.09 Å². The molecule has 10 heteroatoms. The van der Waals surface area contributed by atoms with E-state index in [9.17, 15) is 14.4 Å². The molecule has 33 heavy (non-hydrogen) atoms. The van der Waals surface area contributed by atoms with Crippen LogP contribution in [0, 0.1) is 0 Å². The number of hydrogen-bond donors (Lipinski definition) is 3. The van der Waals surface area contributed by atoms with Gasteiger partial charge in [-0.3, -0.25) is 14.9 Å². The van der Waals surface area contributed by atoms with Crippen molar-refractivity contribution < 1.29 is 23.9 Å². The molecule has 0 atom stereocenters. The number of aryl methyl sites for hydroxylation is 1. The van der Waals surface area contributed by atoms with Gasteiger partial charge in [0.2, 0.25) is 5.91 Å². The summed E-state index contributed by atoms with van der Waals surface area (Å²) in [6, 6.07) is 13.3. The standard InChI is InChI=1S/C23H25N5O5/c1-32-12-13-33-23(31)27-20-7-3-6-19(15-20)26-22(30)17-4-2-5-18(14-17)25-21(29)8-10-28-11-9-24-16-28/h2-7,9,11,14-16H,8,10,12-13H2,1H3,(H,25,29)(H,26,30)(H,27,31). The van der Waals surface area contributed by atoms with Crippen LogP contribution < -0.4 is 16.0 Å².